The van der Waals surface area contributed by atoms with Crippen molar-refractivity contribution in [3.63, 3.8) is 0 Å². The topological polar surface area (TPSA) is 38.8 Å². The lowest BCUT2D eigenvalue weighted by Crippen LogP contribution is -2.30. The van der Waals surface area contributed by atoms with Crippen molar-refractivity contribution < 1.29 is 18.7 Å². The van der Waals surface area contributed by atoms with Crippen LogP contribution in [0.4, 0.5) is 4.39 Å². The molecule has 24 heavy (non-hydrogen) atoms. The summed E-state index contributed by atoms with van der Waals surface area (Å²) in [6, 6.07) is 11.5. The summed E-state index contributed by atoms with van der Waals surface area (Å²) in [5.74, 6) is 0.775. The minimum atomic E-state index is -0.272. The van der Waals surface area contributed by atoms with E-state index in [4.69, 9.17) is 9.47 Å². The van der Waals surface area contributed by atoms with Crippen LogP contribution >= 0.6 is 0 Å². The van der Waals surface area contributed by atoms with E-state index in [-0.39, 0.29) is 17.8 Å². The van der Waals surface area contributed by atoms with Gasteiger partial charge in [-0.2, -0.15) is 0 Å². The van der Waals surface area contributed by atoms with Crippen LogP contribution in [0.2, 0.25) is 0 Å². The molecular weight excluding hydrogens is 309 g/mol. The minimum Gasteiger partial charge on any atom is -0.497 e. The lowest BCUT2D eigenvalue weighted by molar-refractivity contribution is 0.0732. The van der Waals surface area contributed by atoms with Gasteiger partial charge in [0.15, 0.2) is 0 Å². The molecule has 0 aromatic heterocycles. The fourth-order valence-electron chi connectivity index (χ4n) is 3.17. The Bertz CT molecular complexity index is 730. The van der Waals surface area contributed by atoms with Crippen molar-refractivity contribution in [3.05, 3.63) is 59.4 Å². The van der Waals surface area contributed by atoms with Crippen LogP contribution in [0.25, 0.3) is 0 Å². The lowest BCUT2D eigenvalue weighted by Gasteiger charge is -2.26. The standard InChI is InChI=1S/C19H20FNO3/c1-23-15-9-10-16(18(12-15)24-2)19(22)21-11-3-4-17(21)13-5-7-14(20)8-6-13/h5-10,12,17H,3-4,11H2,1-2H3. The first-order chi connectivity index (χ1) is 11.6. The maximum Gasteiger partial charge on any atom is 0.258 e. The van der Waals surface area contributed by atoms with Crippen molar-refractivity contribution in [3.8, 4) is 11.5 Å². The molecule has 1 heterocycles. The number of rotatable bonds is 4. The zero-order chi connectivity index (χ0) is 17.1. The number of nitrogens with zero attached hydrogens (tertiary/aromatic N) is 1. The van der Waals surface area contributed by atoms with E-state index >= 15 is 0 Å². The van der Waals surface area contributed by atoms with Gasteiger partial charge in [0.25, 0.3) is 5.91 Å². The van der Waals surface area contributed by atoms with E-state index < -0.39 is 0 Å². The van der Waals surface area contributed by atoms with E-state index in [9.17, 15) is 9.18 Å². The molecule has 5 heteroatoms. The molecule has 2 aromatic carbocycles. The van der Waals surface area contributed by atoms with Crippen LogP contribution in [-0.2, 0) is 0 Å². The number of hydrogen-bond acceptors (Lipinski definition) is 3. The highest BCUT2D eigenvalue weighted by Crippen LogP contribution is 2.35. The molecule has 1 amide bonds. The molecule has 0 N–H and O–H groups in total. The highest BCUT2D eigenvalue weighted by molar-refractivity contribution is 5.97. The quantitative estimate of drug-likeness (QED) is 0.856. The van der Waals surface area contributed by atoms with Gasteiger partial charge in [-0.1, -0.05) is 12.1 Å². The molecule has 1 unspecified atom stereocenters. The molecule has 1 aliphatic heterocycles. The highest BCUT2D eigenvalue weighted by atomic mass is 19.1. The maximum absolute atomic E-state index is 13.2. The molecule has 3 rings (SSSR count). The summed E-state index contributed by atoms with van der Waals surface area (Å²) >= 11 is 0. The first-order valence-corrected chi connectivity index (χ1v) is 7.92. The van der Waals surface area contributed by atoms with E-state index in [0.29, 0.717) is 23.6 Å². The molecular formula is C19H20FNO3. The third-order valence-corrected chi connectivity index (χ3v) is 4.41. The van der Waals surface area contributed by atoms with Crippen LogP contribution in [0, 0.1) is 5.82 Å². The number of likely N-dealkylation sites (tertiary alicyclic amines) is 1. The van der Waals surface area contributed by atoms with Crippen LogP contribution in [0.3, 0.4) is 0 Å². The predicted octanol–water partition coefficient (Wildman–Crippen LogP) is 3.82. The van der Waals surface area contributed by atoms with Crippen LogP contribution in [0.15, 0.2) is 42.5 Å². The van der Waals surface area contributed by atoms with Crippen molar-refractivity contribution in [1.29, 1.82) is 0 Å². The largest absolute Gasteiger partial charge is 0.497 e. The molecule has 4 nitrogen and oxygen atoms in total. The second kappa shape index (κ2) is 6.91. The summed E-state index contributed by atoms with van der Waals surface area (Å²) in [6.45, 7) is 0.677. The monoisotopic (exact) mass is 329 g/mol. The summed E-state index contributed by atoms with van der Waals surface area (Å²) in [6.07, 6.45) is 1.79. The van der Waals surface area contributed by atoms with E-state index in [0.717, 1.165) is 18.4 Å². The zero-order valence-corrected chi connectivity index (χ0v) is 13.8. The Balaban J connectivity index is 1.90. The van der Waals surface area contributed by atoms with Crippen molar-refractivity contribution in [1.82, 2.24) is 4.90 Å². The van der Waals surface area contributed by atoms with Gasteiger partial charge in [0, 0.05) is 12.6 Å². The normalized spacial score (nSPS) is 17.0. The van der Waals surface area contributed by atoms with Crippen LogP contribution in [0.5, 0.6) is 11.5 Å². The number of hydrogen-bond donors (Lipinski definition) is 0. The van der Waals surface area contributed by atoms with Gasteiger partial charge < -0.3 is 14.4 Å². The van der Waals surface area contributed by atoms with Crippen molar-refractivity contribution >= 4 is 5.91 Å². The van der Waals surface area contributed by atoms with E-state index in [1.807, 2.05) is 4.90 Å². The Labute approximate surface area is 140 Å². The number of halogens is 1. The van der Waals surface area contributed by atoms with Gasteiger partial charge in [0.2, 0.25) is 0 Å². The van der Waals surface area contributed by atoms with Gasteiger partial charge in [-0.3, -0.25) is 4.79 Å². The summed E-state index contributed by atoms with van der Waals surface area (Å²) in [5.41, 5.74) is 1.46. The molecule has 1 atom stereocenters. The molecule has 2 aromatic rings. The summed E-state index contributed by atoms with van der Waals surface area (Å²) in [7, 11) is 3.11. The van der Waals surface area contributed by atoms with E-state index in [1.54, 1.807) is 37.4 Å². The molecule has 0 spiro atoms. The third kappa shape index (κ3) is 3.07. The van der Waals surface area contributed by atoms with Gasteiger partial charge in [-0.25, -0.2) is 4.39 Å². The van der Waals surface area contributed by atoms with Gasteiger partial charge in [-0.15, -0.1) is 0 Å². The maximum atomic E-state index is 13.2. The molecule has 1 fully saturated rings. The Morgan fingerprint density at radius 1 is 1.12 bits per heavy atom. The number of methoxy groups -OCH3 is 2. The lowest BCUT2D eigenvalue weighted by atomic mass is 10.0. The van der Waals surface area contributed by atoms with Crippen LogP contribution in [0.1, 0.15) is 34.8 Å². The van der Waals surface area contributed by atoms with E-state index in [1.165, 1.54) is 19.2 Å². The van der Waals surface area contributed by atoms with Crippen molar-refractivity contribution in [2.45, 2.75) is 18.9 Å². The first-order valence-electron chi connectivity index (χ1n) is 7.92. The smallest absolute Gasteiger partial charge is 0.258 e. The Kier molecular flexibility index (Phi) is 4.69. The zero-order valence-electron chi connectivity index (χ0n) is 13.8. The van der Waals surface area contributed by atoms with Crippen LogP contribution < -0.4 is 9.47 Å². The highest BCUT2D eigenvalue weighted by Gasteiger charge is 2.32. The van der Waals surface area contributed by atoms with Crippen LogP contribution in [-0.4, -0.2) is 31.6 Å². The second-order valence-electron chi connectivity index (χ2n) is 5.77. The van der Waals surface area contributed by atoms with Gasteiger partial charge >= 0.3 is 0 Å². The number of carbonyl (C=O) groups is 1. The Morgan fingerprint density at radius 2 is 1.88 bits per heavy atom. The minimum absolute atomic E-state index is 0.0371. The van der Waals surface area contributed by atoms with Gasteiger partial charge in [0.1, 0.15) is 17.3 Å². The number of carbonyl (C=O) groups excluding carboxylic acids is 1. The number of benzene rings is 2. The summed E-state index contributed by atoms with van der Waals surface area (Å²) in [4.78, 5) is 14.8. The molecule has 0 radical (unpaired) electrons. The molecule has 126 valence electrons. The summed E-state index contributed by atoms with van der Waals surface area (Å²) < 4.78 is 23.7. The number of amides is 1. The molecule has 1 aliphatic rings. The van der Waals surface area contributed by atoms with Crippen molar-refractivity contribution in [2.24, 2.45) is 0 Å². The molecule has 0 bridgehead atoms. The Hall–Kier alpha value is -2.56. The fourth-order valence-corrected chi connectivity index (χ4v) is 3.17. The SMILES string of the molecule is COc1ccc(C(=O)N2CCCC2c2ccc(F)cc2)c(OC)c1. The number of ether oxygens (including phenoxy) is 2. The average molecular weight is 329 g/mol. The first kappa shape index (κ1) is 16.3. The summed E-state index contributed by atoms with van der Waals surface area (Å²) in [5, 5.41) is 0. The third-order valence-electron chi connectivity index (χ3n) is 4.41. The second-order valence-corrected chi connectivity index (χ2v) is 5.77. The van der Waals surface area contributed by atoms with Gasteiger partial charge in [-0.05, 0) is 42.7 Å². The molecule has 0 saturated carbocycles. The molecule has 0 aliphatic carbocycles. The predicted molar refractivity (Wildman–Crippen MR) is 89.0 cm³/mol. The molecule has 1 saturated heterocycles. The fraction of sp³-hybridized carbons (Fsp3) is 0.316. The van der Waals surface area contributed by atoms with Gasteiger partial charge in [0.05, 0.1) is 25.8 Å². The average Bonchev–Trinajstić information content (AvgIpc) is 3.10. The van der Waals surface area contributed by atoms with E-state index in [2.05, 4.69) is 0 Å². The Morgan fingerprint density at radius 3 is 2.54 bits per heavy atom. The van der Waals surface area contributed by atoms with Crippen molar-refractivity contribution in [2.75, 3.05) is 20.8 Å².